The van der Waals surface area contributed by atoms with Gasteiger partial charge in [0.25, 0.3) is 0 Å². The van der Waals surface area contributed by atoms with E-state index >= 15 is 0 Å². The monoisotopic (exact) mass is 346 g/mol. The van der Waals surface area contributed by atoms with Gasteiger partial charge in [-0.1, -0.05) is 35.3 Å². The van der Waals surface area contributed by atoms with Crippen LogP contribution in [0, 0.1) is 0 Å². The lowest BCUT2D eigenvalue weighted by Crippen LogP contribution is -2.41. The molecule has 2 N–H and O–H groups in total. The van der Waals surface area contributed by atoms with E-state index in [-0.39, 0.29) is 0 Å². The molecule has 0 fully saturated rings. The van der Waals surface area contributed by atoms with Gasteiger partial charge in [0, 0.05) is 0 Å². The zero-order valence-electron chi connectivity index (χ0n) is 12.0. The predicted molar refractivity (Wildman–Crippen MR) is 83.9 cm³/mol. The minimum Gasteiger partial charge on any atom is -0.481 e. The summed E-state index contributed by atoms with van der Waals surface area (Å²) in [6.45, 7) is 3.20. The molecule has 0 heterocycles. The van der Waals surface area contributed by atoms with Crippen LogP contribution in [-0.2, 0) is 14.3 Å². The summed E-state index contributed by atoms with van der Waals surface area (Å²) in [5, 5.41) is 19.8. The van der Waals surface area contributed by atoms with Gasteiger partial charge in [-0.3, -0.25) is 4.79 Å². The zero-order chi connectivity index (χ0) is 16.9. The Labute approximate surface area is 138 Å². The van der Waals surface area contributed by atoms with Crippen molar-refractivity contribution < 1.29 is 24.5 Å². The van der Waals surface area contributed by atoms with Crippen molar-refractivity contribution >= 4 is 41.2 Å². The van der Waals surface area contributed by atoms with Crippen molar-refractivity contribution in [1.82, 2.24) is 0 Å². The Morgan fingerprint density at radius 1 is 1.32 bits per heavy atom. The van der Waals surface area contributed by atoms with Crippen LogP contribution in [-0.4, -0.2) is 33.9 Å². The number of carbonyl (C=O) groups excluding carboxylic acids is 1. The Bertz CT molecular complexity index is 598. The highest BCUT2D eigenvalue weighted by Gasteiger charge is 2.38. The number of hydrogen-bond donors (Lipinski definition) is 2. The number of aliphatic carboxylic acids is 1. The summed E-state index contributed by atoms with van der Waals surface area (Å²) in [7, 11) is 0. The second-order valence-corrected chi connectivity index (χ2v) is 5.77. The smallest absolute Gasteiger partial charge is 0.343 e. The molecule has 1 aromatic carbocycles. The lowest BCUT2D eigenvalue weighted by Gasteiger charge is -2.22. The number of esters is 1. The largest absolute Gasteiger partial charge is 0.481 e. The van der Waals surface area contributed by atoms with E-state index in [1.165, 1.54) is 12.1 Å². The third-order valence-corrected chi connectivity index (χ3v) is 3.35. The van der Waals surface area contributed by atoms with Crippen LogP contribution in [0.25, 0.3) is 6.08 Å². The number of carbonyl (C=O) groups is 2. The maximum atomic E-state index is 11.9. The van der Waals surface area contributed by atoms with E-state index in [0.717, 1.165) is 6.08 Å². The Morgan fingerprint density at radius 2 is 1.95 bits per heavy atom. The van der Waals surface area contributed by atoms with Gasteiger partial charge in [-0.05, 0) is 37.6 Å². The molecule has 0 amide bonds. The second kappa shape index (κ2) is 7.63. The van der Waals surface area contributed by atoms with Crippen LogP contribution in [0.1, 0.15) is 25.8 Å². The Balaban J connectivity index is 3.06. The van der Waals surface area contributed by atoms with E-state index in [0.29, 0.717) is 15.6 Å². The van der Waals surface area contributed by atoms with E-state index < -0.39 is 30.1 Å². The summed E-state index contributed by atoms with van der Waals surface area (Å²) >= 11 is 11.7. The molecule has 1 aromatic rings. The fourth-order valence-electron chi connectivity index (χ4n) is 1.60. The molecule has 0 aliphatic carbocycles. The topological polar surface area (TPSA) is 83.8 Å². The van der Waals surface area contributed by atoms with Crippen molar-refractivity contribution in [3.8, 4) is 0 Å². The second-order valence-electron chi connectivity index (χ2n) is 4.96. The van der Waals surface area contributed by atoms with Crippen molar-refractivity contribution in [2.45, 2.75) is 32.0 Å². The van der Waals surface area contributed by atoms with E-state index in [2.05, 4.69) is 0 Å². The molecule has 7 heteroatoms. The van der Waals surface area contributed by atoms with Crippen molar-refractivity contribution in [3.63, 3.8) is 0 Å². The summed E-state index contributed by atoms with van der Waals surface area (Å²) in [6.07, 6.45) is 1.17. The third kappa shape index (κ3) is 5.33. The zero-order valence-corrected chi connectivity index (χ0v) is 13.6. The number of halogens is 2. The van der Waals surface area contributed by atoms with E-state index in [1.807, 2.05) is 0 Å². The van der Waals surface area contributed by atoms with Gasteiger partial charge in [0.15, 0.2) is 5.60 Å². The predicted octanol–water partition coefficient (Wildman–Crippen LogP) is 3.16. The highest BCUT2D eigenvalue weighted by molar-refractivity contribution is 6.42. The minimum absolute atomic E-state index is 0.301. The standard InChI is InChI=1S/C15H16Cl2O5/c1-9(2)22-14(20)15(21,8-13(18)19)6-5-10-3-4-11(16)12(17)7-10/h3-7,9,21H,8H2,1-2H3,(H,18,19)/b6-5+. The van der Waals surface area contributed by atoms with Crippen molar-refractivity contribution in [2.75, 3.05) is 0 Å². The molecule has 0 radical (unpaired) electrons. The van der Waals surface area contributed by atoms with Gasteiger partial charge in [-0.15, -0.1) is 0 Å². The quantitative estimate of drug-likeness (QED) is 0.773. The number of rotatable bonds is 6. The van der Waals surface area contributed by atoms with E-state index in [9.17, 15) is 14.7 Å². The summed E-state index contributed by atoms with van der Waals surface area (Å²) in [5.41, 5.74) is -1.71. The SMILES string of the molecule is CC(C)OC(=O)C(O)(/C=C/c1ccc(Cl)c(Cl)c1)CC(=O)O. The van der Waals surface area contributed by atoms with E-state index in [1.54, 1.807) is 26.0 Å². The fourth-order valence-corrected chi connectivity index (χ4v) is 1.90. The normalized spacial score (nSPS) is 14.1. The van der Waals surface area contributed by atoms with Crippen LogP contribution < -0.4 is 0 Å². The number of hydrogen-bond acceptors (Lipinski definition) is 4. The molecule has 0 bridgehead atoms. The molecule has 0 aromatic heterocycles. The van der Waals surface area contributed by atoms with Gasteiger partial charge >= 0.3 is 11.9 Å². The van der Waals surface area contributed by atoms with Crippen molar-refractivity contribution in [1.29, 1.82) is 0 Å². The van der Waals surface area contributed by atoms with Crippen molar-refractivity contribution in [3.05, 3.63) is 39.9 Å². The van der Waals surface area contributed by atoms with E-state index in [4.69, 9.17) is 33.0 Å². The van der Waals surface area contributed by atoms with Gasteiger partial charge in [0.1, 0.15) is 0 Å². The molecule has 1 atom stereocenters. The first kappa shape index (κ1) is 18.5. The molecule has 1 unspecified atom stereocenters. The van der Waals surface area contributed by atoms with Crippen LogP contribution in [0.2, 0.25) is 10.0 Å². The first-order valence-electron chi connectivity index (χ1n) is 6.43. The molecule has 1 rings (SSSR count). The molecule has 0 spiro atoms. The summed E-state index contributed by atoms with van der Waals surface area (Å²) in [6, 6.07) is 4.68. The highest BCUT2D eigenvalue weighted by Crippen LogP contribution is 2.24. The molecule has 0 aliphatic heterocycles. The van der Waals surface area contributed by atoms with Gasteiger partial charge in [0.05, 0.1) is 22.6 Å². The molecule has 0 saturated heterocycles. The average Bonchev–Trinajstić information content (AvgIpc) is 2.38. The number of aliphatic hydroxyl groups is 1. The molecular formula is C15H16Cl2O5. The molecule has 120 valence electrons. The summed E-state index contributed by atoms with van der Waals surface area (Å²) in [4.78, 5) is 22.8. The molecule has 22 heavy (non-hydrogen) atoms. The lowest BCUT2D eigenvalue weighted by molar-refractivity contribution is -0.169. The highest BCUT2D eigenvalue weighted by atomic mass is 35.5. The first-order valence-corrected chi connectivity index (χ1v) is 7.19. The minimum atomic E-state index is -2.26. The summed E-state index contributed by atoms with van der Waals surface area (Å²) in [5.74, 6) is -2.36. The number of ether oxygens (including phenoxy) is 1. The lowest BCUT2D eigenvalue weighted by atomic mass is 9.98. The van der Waals surface area contributed by atoms with Gasteiger partial charge in [0.2, 0.25) is 0 Å². The maximum absolute atomic E-state index is 11.9. The molecule has 5 nitrogen and oxygen atoms in total. The third-order valence-electron chi connectivity index (χ3n) is 2.61. The first-order chi connectivity index (χ1) is 10.1. The Morgan fingerprint density at radius 3 is 2.45 bits per heavy atom. The van der Waals surface area contributed by atoms with Gasteiger partial charge in [-0.2, -0.15) is 0 Å². The van der Waals surface area contributed by atoms with Crippen LogP contribution in [0.4, 0.5) is 0 Å². The molecular weight excluding hydrogens is 331 g/mol. The van der Waals surface area contributed by atoms with Crippen molar-refractivity contribution in [2.24, 2.45) is 0 Å². The maximum Gasteiger partial charge on any atom is 0.343 e. The average molecular weight is 347 g/mol. The summed E-state index contributed by atoms with van der Waals surface area (Å²) < 4.78 is 4.90. The van der Waals surface area contributed by atoms with Crippen LogP contribution in [0.5, 0.6) is 0 Å². The number of benzene rings is 1. The van der Waals surface area contributed by atoms with Crippen LogP contribution in [0.3, 0.4) is 0 Å². The number of carboxylic acid groups (broad SMARTS) is 1. The van der Waals surface area contributed by atoms with Gasteiger partial charge < -0.3 is 14.9 Å². The Hall–Kier alpha value is -1.56. The molecule has 0 aliphatic rings. The van der Waals surface area contributed by atoms with Crippen LogP contribution in [0.15, 0.2) is 24.3 Å². The van der Waals surface area contributed by atoms with Crippen LogP contribution >= 0.6 is 23.2 Å². The Kier molecular flexibility index (Phi) is 6.41. The number of carboxylic acids is 1. The van der Waals surface area contributed by atoms with Gasteiger partial charge in [-0.25, -0.2) is 4.79 Å². The molecule has 0 saturated carbocycles. The fraction of sp³-hybridized carbons (Fsp3) is 0.333.